The minimum atomic E-state index is -0.422. The fourth-order valence-electron chi connectivity index (χ4n) is 1.63. The minimum Gasteiger partial charge on any atom is -0.389 e. The van der Waals surface area contributed by atoms with E-state index in [1.807, 2.05) is 18.2 Å². The number of thioether (sulfide) groups is 1. The van der Waals surface area contributed by atoms with Crippen molar-refractivity contribution < 1.29 is 5.11 Å². The van der Waals surface area contributed by atoms with Gasteiger partial charge in [-0.3, -0.25) is 0 Å². The van der Waals surface area contributed by atoms with Crippen molar-refractivity contribution >= 4 is 27.7 Å². The summed E-state index contributed by atoms with van der Waals surface area (Å²) in [5.41, 5.74) is 2.25. The topological polar surface area (TPSA) is 20.2 Å². The van der Waals surface area contributed by atoms with Gasteiger partial charge in [-0.05, 0) is 46.1 Å². The summed E-state index contributed by atoms with van der Waals surface area (Å²) in [6, 6.07) is 16.4. The van der Waals surface area contributed by atoms with E-state index in [1.54, 1.807) is 18.7 Å². The number of aliphatic hydroxyl groups is 1. The molecule has 0 bridgehead atoms. The van der Waals surface area contributed by atoms with Gasteiger partial charge in [0.25, 0.3) is 0 Å². The summed E-state index contributed by atoms with van der Waals surface area (Å²) in [6.07, 6.45) is -0.422. The van der Waals surface area contributed by atoms with Crippen molar-refractivity contribution in [2.24, 2.45) is 0 Å². The van der Waals surface area contributed by atoms with E-state index in [-0.39, 0.29) is 0 Å². The van der Waals surface area contributed by atoms with Gasteiger partial charge in [0.1, 0.15) is 0 Å². The molecule has 0 amide bonds. The first-order valence-electron chi connectivity index (χ1n) is 5.81. The number of hydrogen-bond donors (Lipinski definition) is 1. The van der Waals surface area contributed by atoms with E-state index < -0.39 is 6.10 Å². The van der Waals surface area contributed by atoms with Gasteiger partial charge >= 0.3 is 0 Å². The fourth-order valence-corrected chi connectivity index (χ4v) is 3.24. The third kappa shape index (κ3) is 3.61. The zero-order valence-corrected chi connectivity index (χ0v) is 12.5. The van der Waals surface area contributed by atoms with Crippen LogP contribution < -0.4 is 0 Å². The van der Waals surface area contributed by atoms with Gasteiger partial charge in [-0.2, -0.15) is 0 Å². The lowest BCUT2D eigenvalue weighted by atomic mass is 10.1. The second-order valence-corrected chi connectivity index (χ2v) is 6.01. The monoisotopic (exact) mass is 322 g/mol. The molecule has 0 saturated carbocycles. The Hall–Kier alpha value is -0.770. The Labute approximate surface area is 120 Å². The van der Waals surface area contributed by atoms with E-state index in [0.29, 0.717) is 0 Å². The van der Waals surface area contributed by atoms with Crippen molar-refractivity contribution in [2.75, 3.05) is 0 Å². The SMILES string of the molecule is C[C@@H](O)c1ccc(SCc2ccccc2)c(Br)c1. The highest BCUT2D eigenvalue weighted by Crippen LogP contribution is 2.32. The highest BCUT2D eigenvalue weighted by atomic mass is 79.9. The molecule has 1 atom stereocenters. The average Bonchev–Trinajstić information content (AvgIpc) is 2.38. The molecule has 0 aliphatic heterocycles. The first kappa shape index (κ1) is 13.7. The summed E-state index contributed by atoms with van der Waals surface area (Å²) in [5.74, 6) is 0.952. The maximum absolute atomic E-state index is 9.52. The smallest absolute Gasteiger partial charge is 0.0762 e. The number of rotatable bonds is 4. The van der Waals surface area contributed by atoms with Gasteiger partial charge in [-0.15, -0.1) is 11.8 Å². The van der Waals surface area contributed by atoms with Crippen molar-refractivity contribution in [2.45, 2.75) is 23.7 Å². The Bertz CT molecular complexity index is 511. The maximum Gasteiger partial charge on any atom is 0.0762 e. The van der Waals surface area contributed by atoms with Crippen molar-refractivity contribution in [3.8, 4) is 0 Å². The van der Waals surface area contributed by atoms with Crippen LogP contribution >= 0.6 is 27.7 Å². The quantitative estimate of drug-likeness (QED) is 0.816. The largest absolute Gasteiger partial charge is 0.389 e. The molecular weight excluding hydrogens is 308 g/mol. The molecule has 0 radical (unpaired) electrons. The maximum atomic E-state index is 9.52. The van der Waals surface area contributed by atoms with Crippen LogP contribution in [0, 0.1) is 0 Å². The molecule has 0 fully saturated rings. The lowest BCUT2D eigenvalue weighted by molar-refractivity contribution is 0.199. The van der Waals surface area contributed by atoms with Gasteiger partial charge in [-0.25, -0.2) is 0 Å². The summed E-state index contributed by atoms with van der Waals surface area (Å²) in [7, 11) is 0. The molecule has 0 heterocycles. The van der Waals surface area contributed by atoms with Crippen molar-refractivity contribution in [3.63, 3.8) is 0 Å². The lowest BCUT2D eigenvalue weighted by Crippen LogP contribution is -1.91. The predicted octanol–water partition coefficient (Wildman–Crippen LogP) is 4.79. The lowest BCUT2D eigenvalue weighted by Gasteiger charge is -2.09. The van der Waals surface area contributed by atoms with Crippen LogP contribution in [0.5, 0.6) is 0 Å². The van der Waals surface area contributed by atoms with Crippen LogP contribution in [0.15, 0.2) is 57.9 Å². The molecular formula is C15H15BrOS. The second kappa shape index (κ2) is 6.41. The molecule has 0 unspecified atom stereocenters. The van der Waals surface area contributed by atoms with Crippen LogP contribution in [0.4, 0.5) is 0 Å². The molecule has 1 N–H and O–H groups in total. The number of benzene rings is 2. The Morgan fingerprint density at radius 1 is 1.17 bits per heavy atom. The standard InChI is InChI=1S/C15H15BrOS/c1-11(17)13-7-8-15(14(16)9-13)18-10-12-5-3-2-4-6-12/h2-9,11,17H,10H2,1H3/t11-/m1/s1. The molecule has 1 nitrogen and oxygen atoms in total. The van der Waals surface area contributed by atoms with Crippen LogP contribution in [0.3, 0.4) is 0 Å². The minimum absolute atomic E-state index is 0.422. The van der Waals surface area contributed by atoms with E-state index >= 15 is 0 Å². The second-order valence-electron chi connectivity index (χ2n) is 4.14. The predicted molar refractivity (Wildman–Crippen MR) is 80.8 cm³/mol. The summed E-state index contributed by atoms with van der Waals surface area (Å²) < 4.78 is 1.04. The van der Waals surface area contributed by atoms with E-state index in [1.165, 1.54) is 10.5 Å². The van der Waals surface area contributed by atoms with Crippen molar-refractivity contribution in [3.05, 3.63) is 64.1 Å². The van der Waals surface area contributed by atoms with Gasteiger partial charge in [0.2, 0.25) is 0 Å². The van der Waals surface area contributed by atoms with Gasteiger partial charge < -0.3 is 5.11 Å². The Balaban J connectivity index is 2.06. The van der Waals surface area contributed by atoms with Crippen LogP contribution in [0.2, 0.25) is 0 Å². The molecule has 2 aromatic carbocycles. The molecule has 0 aliphatic rings. The molecule has 2 rings (SSSR count). The molecule has 2 aromatic rings. The molecule has 0 spiro atoms. The summed E-state index contributed by atoms with van der Waals surface area (Å²) >= 11 is 5.35. The molecule has 0 saturated heterocycles. The third-order valence-electron chi connectivity index (χ3n) is 2.68. The first-order chi connectivity index (χ1) is 8.66. The van der Waals surface area contributed by atoms with Crippen LogP contribution in [0.1, 0.15) is 24.2 Å². The van der Waals surface area contributed by atoms with E-state index in [2.05, 4.69) is 46.3 Å². The molecule has 18 heavy (non-hydrogen) atoms. The zero-order valence-electron chi connectivity index (χ0n) is 10.1. The zero-order chi connectivity index (χ0) is 13.0. The number of aliphatic hydroxyl groups excluding tert-OH is 1. The Morgan fingerprint density at radius 2 is 1.89 bits per heavy atom. The van der Waals surface area contributed by atoms with Gasteiger partial charge in [-0.1, -0.05) is 36.4 Å². The summed E-state index contributed by atoms with van der Waals surface area (Å²) in [5, 5.41) is 9.52. The average molecular weight is 323 g/mol. The molecule has 3 heteroatoms. The Kier molecular flexibility index (Phi) is 4.87. The number of hydrogen-bond acceptors (Lipinski definition) is 2. The van der Waals surface area contributed by atoms with Crippen molar-refractivity contribution in [1.82, 2.24) is 0 Å². The number of halogens is 1. The normalized spacial score (nSPS) is 12.4. The van der Waals surface area contributed by atoms with Gasteiger partial charge in [0, 0.05) is 15.1 Å². The van der Waals surface area contributed by atoms with Crippen LogP contribution in [-0.4, -0.2) is 5.11 Å². The molecule has 94 valence electrons. The summed E-state index contributed by atoms with van der Waals surface area (Å²) in [4.78, 5) is 1.20. The van der Waals surface area contributed by atoms with Gasteiger partial charge in [0.15, 0.2) is 0 Å². The first-order valence-corrected chi connectivity index (χ1v) is 7.59. The van der Waals surface area contributed by atoms with E-state index in [0.717, 1.165) is 15.8 Å². The Morgan fingerprint density at radius 3 is 2.50 bits per heavy atom. The van der Waals surface area contributed by atoms with E-state index in [4.69, 9.17) is 0 Å². The summed E-state index contributed by atoms with van der Waals surface area (Å²) in [6.45, 7) is 1.78. The van der Waals surface area contributed by atoms with E-state index in [9.17, 15) is 5.11 Å². The van der Waals surface area contributed by atoms with Crippen LogP contribution in [0.25, 0.3) is 0 Å². The third-order valence-corrected chi connectivity index (χ3v) is 4.74. The van der Waals surface area contributed by atoms with Crippen molar-refractivity contribution in [1.29, 1.82) is 0 Å². The molecule has 0 aliphatic carbocycles. The highest BCUT2D eigenvalue weighted by Gasteiger charge is 2.06. The van der Waals surface area contributed by atoms with Crippen LogP contribution in [-0.2, 0) is 5.75 Å². The molecule has 0 aromatic heterocycles. The highest BCUT2D eigenvalue weighted by molar-refractivity contribution is 9.10. The van der Waals surface area contributed by atoms with Gasteiger partial charge in [0.05, 0.1) is 6.10 Å². The fraction of sp³-hybridized carbons (Fsp3) is 0.200.